The number of fused-ring (bicyclic) bond motifs is 2. The van der Waals surface area contributed by atoms with Gasteiger partial charge in [0.2, 0.25) is 0 Å². The molecule has 4 rings (SSSR count). The number of carbonyl (C=O) groups is 1. The van der Waals surface area contributed by atoms with Gasteiger partial charge in [-0.3, -0.25) is 4.79 Å². The molecule has 28 heavy (non-hydrogen) atoms. The minimum Gasteiger partial charge on any atom is -0.385 e. The van der Waals surface area contributed by atoms with E-state index in [0.717, 1.165) is 23.1 Å². The van der Waals surface area contributed by atoms with Crippen LogP contribution >= 0.6 is 34.5 Å². The van der Waals surface area contributed by atoms with Crippen LogP contribution in [-0.2, 0) is 11.2 Å². The van der Waals surface area contributed by atoms with Crippen LogP contribution in [0.3, 0.4) is 0 Å². The summed E-state index contributed by atoms with van der Waals surface area (Å²) in [5, 5.41) is 3.72. The third-order valence-electron chi connectivity index (χ3n) is 5.61. The van der Waals surface area contributed by atoms with Gasteiger partial charge in [-0.05, 0) is 36.0 Å². The standard InChI is InChI=1S/C21H22Cl2N2O2S/c1-11(7-8-27-2)17-13-6-4-3-5-12(13)9-14(17)25-21(26)15-10-16-19(24-15)18(22)20(23)28-16/h3-6,10-11,14,17,24H,7-9H2,1-2H3,(H,25,26)/t11?,14?,17-/m1/s1. The highest BCUT2D eigenvalue weighted by molar-refractivity contribution is 7.23. The number of hydrogen-bond acceptors (Lipinski definition) is 3. The number of benzene rings is 1. The van der Waals surface area contributed by atoms with Gasteiger partial charge in [0.25, 0.3) is 5.91 Å². The molecule has 3 aromatic rings. The smallest absolute Gasteiger partial charge is 0.268 e. The maximum Gasteiger partial charge on any atom is 0.268 e. The summed E-state index contributed by atoms with van der Waals surface area (Å²) in [6.45, 7) is 2.95. The van der Waals surface area contributed by atoms with Crippen molar-refractivity contribution < 1.29 is 9.53 Å². The van der Waals surface area contributed by atoms with Crippen molar-refractivity contribution in [1.82, 2.24) is 10.3 Å². The molecule has 0 bridgehead atoms. The second-order valence-electron chi connectivity index (χ2n) is 7.38. The van der Waals surface area contributed by atoms with E-state index in [4.69, 9.17) is 27.9 Å². The Kier molecular flexibility index (Phi) is 5.70. The van der Waals surface area contributed by atoms with Crippen molar-refractivity contribution in [3.8, 4) is 0 Å². The molecule has 4 nitrogen and oxygen atoms in total. The number of nitrogens with one attached hydrogen (secondary N) is 2. The van der Waals surface area contributed by atoms with E-state index in [1.54, 1.807) is 7.11 Å². The van der Waals surface area contributed by atoms with Gasteiger partial charge in [-0.15, -0.1) is 11.3 Å². The van der Waals surface area contributed by atoms with Gasteiger partial charge in [0.15, 0.2) is 0 Å². The molecule has 1 amide bonds. The van der Waals surface area contributed by atoms with Gasteiger partial charge in [0.05, 0.1) is 15.2 Å². The molecule has 2 heterocycles. The number of halogens is 2. The van der Waals surface area contributed by atoms with Crippen LogP contribution in [0.15, 0.2) is 30.3 Å². The van der Waals surface area contributed by atoms with Crippen molar-refractivity contribution in [2.24, 2.45) is 5.92 Å². The van der Waals surface area contributed by atoms with E-state index in [1.807, 2.05) is 6.07 Å². The topological polar surface area (TPSA) is 54.1 Å². The van der Waals surface area contributed by atoms with Gasteiger partial charge < -0.3 is 15.0 Å². The molecule has 0 aliphatic heterocycles. The number of rotatable bonds is 6. The molecule has 2 aromatic heterocycles. The van der Waals surface area contributed by atoms with Gasteiger partial charge in [-0.25, -0.2) is 0 Å². The molecule has 7 heteroatoms. The molecule has 1 aliphatic carbocycles. The molecule has 0 spiro atoms. The predicted octanol–water partition coefficient (Wildman–Crippen LogP) is 5.65. The number of aromatic nitrogens is 1. The third-order valence-corrected chi connectivity index (χ3v) is 7.54. The number of amides is 1. The fraction of sp³-hybridized carbons (Fsp3) is 0.381. The van der Waals surface area contributed by atoms with Crippen LogP contribution in [0.5, 0.6) is 0 Å². The Bertz CT molecular complexity index is 1010. The number of methoxy groups -OCH3 is 1. The first kappa shape index (κ1) is 19.8. The highest BCUT2D eigenvalue weighted by atomic mass is 35.5. The fourth-order valence-corrected chi connectivity index (χ4v) is 5.72. The molecule has 2 unspecified atom stereocenters. The Morgan fingerprint density at radius 1 is 1.39 bits per heavy atom. The molecule has 0 saturated heterocycles. The van der Waals surface area contributed by atoms with Crippen LogP contribution in [-0.4, -0.2) is 30.6 Å². The lowest BCUT2D eigenvalue weighted by molar-refractivity contribution is 0.0921. The SMILES string of the molecule is COCCC(C)[C@@H]1c2ccccc2CC1NC(=O)c1cc2sc(Cl)c(Cl)c2[nH]1. The summed E-state index contributed by atoms with van der Waals surface area (Å²) in [5.41, 5.74) is 3.88. The summed E-state index contributed by atoms with van der Waals surface area (Å²) in [6, 6.07) is 10.3. The van der Waals surface area contributed by atoms with E-state index >= 15 is 0 Å². The van der Waals surface area contributed by atoms with Crippen LogP contribution in [0, 0.1) is 5.92 Å². The average Bonchev–Trinajstić information content (AvgIpc) is 3.33. The summed E-state index contributed by atoms with van der Waals surface area (Å²) in [7, 11) is 1.73. The summed E-state index contributed by atoms with van der Waals surface area (Å²) < 4.78 is 6.70. The van der Waals surface area contributed by atoms with Crippen molar-refractivity contribution in [2.75, 3.05) is 13.7 Å². The zero-order chi connectivity index (χ0) is 19.8. The minimum atomic E-state index is -0.114. The molecule has 3 atom stereocenters. The summed E-state index contributed by atoms with van der Waals surface area (Å²) in [4.78, 5) is 16.1. The Morgan fingerprint density at radius 3 is 2.93 bits per heavy atom. The van der Waals surface area contributed by atoms with E-state index in [-0.39, 0.29) is 17.9 Å². The number of ether oxygens (including phenoxy) is 1. The van der Waals surface area contributed by atoms with Crippen LogP contribution in [0.1, 0.15) is 40.9 Å². The first-order valence-electron chi connectivity index (χ1n) is 9.33. The molecule has 0 saturated carbocycles. The second kappa shape index (κ2) is 8.07. The van der Waals surface area contributed by atoms with Crippen LogP contribution < -0.4 is 5.32 Å². The van der Waals surface area contributed by atoms with E-state index in [9.17, 15) is 4.79 Å². The lowest BCUT2D eigenvalue weighted by Gasteiger charge is -2.27. The normalized spacial score (nSPS) is 19.7. The number of carbonyl (C=O) groups excluding carboxylic acids is 1. The zero-order valence-corrected chi connectivity index (χ0v) is 18.0. The van der Waals surface area contributed by atoms with E-state index in [0.29, 0.717) is 27.6 Å². The molecule has 0 fully saturated rings. The molecular weight excluding hydrogens is 415 g/mol. The van der Waals surface area contributed by atoms with Gasteiger partial charge in [-0.1, -0.05) is 54.4 Å². The van der Waals surface area contributed by atoms with Crippen molar-refractivity contribution >= 4 is 50.7 Å². The van der Waals surface area contributed by atoms with Crippen LogP contribution in [0.4, 0.5) is 0 Å². The molecule has 2 N–H and O–H groups in total. The van der Waals surface area contributed by atoms with Gasteiger partial charge in [-0.2, -0.15) is 0 Å². The van der Waals surface area contributed by atoms with Crippen molar-refractivity contribution in [2.45, 2.75) is 31.7 Å². The first-order chi connectivity index (χ1) is 13.5. The maximum absolute atomic E-state index is 13.0. The summed E-state index contributed by atoms with van der Waals surface area (Å²) in [6.07, 6.45) is 1.79. The Labute approximate surface area is 178 Å². The number of H-pyrrole nitrogens is 1. The van der Waals surface area contributed by atoms with Crippen LogP contribution in [0.2, 0.25) is 9.36 Å². The van der Waals surface area contributed by atoms with Gasteiger partial charge in [0, 0.05) is 25.7 Å². The lowest BCUT2D eigenvalue weighted by Crippen LogP contribution is -2.40. The summed E-state index contributed by atoms with van der Waals surface area (Å²) in [5.74, 6) is 0.552. The van der Waals surface area contributed by atoms with E-state index < -0.39 is 0 Å². The Balaban J connectivity index is 1.57. The first-order valence-corrected chi connectivity index (χ1v) is 10.9. The van der Waals surface area contributed by atoms with Gasteiger partial charge >= 0.3 is 0 Å². The zero-order valence-electron chi connectivity index (χ0n) is 15.7. The van der Waals surface area contributed by atoms with Crippen LogP contribution in [0.25, 0.3) is 10.2 Å². The quantitative estimate of drug-likeness (QED) is 0.524. The van der Waals surface area contributed by atoms with Crippen molar-refractivity contribution in [3.63, 3.8) is 0 Å². The minimum absolute atomic E-state index is 0.0529. The predicted molar refractivity (Wildman–Crippen MR) is 116 cm³/mol. The van der Waals surface area contributed by atoms with Crippen molar-refractivity contribution in [3.05, 3.63) is 56.5 Å². The van der Waals surface area contributed by atoms with E-state index in [2.05, 4.69) is 41.5 Å². The number of thiophene rings is 1. The molecule has 1 aliphatic rings. The summed E-state index contributed by atoms with van der Waals surface area (Å²) >= 11 is 13.6. The number of aromatic amines is 1. The molecule has 148 valence electrons. The number of hydrogen-bond donors (Lipinski definition) is 2. The molecular formula is C21H22Cl2N2O2S. The Morgan fingerprint density at radius 2 is 2.18 bits per heavy atom. The highest BCUT2D eigenvalue weighted by Gasteiger charge is 2.36. The molecule has 1 aromatic carbocycles. The monoisotopic (exact) mass is 436 g/mol. The van der Waals surface area contributed by atoms with Gasteiger partial charge in [0.1, 0.15) is 10.0 Å². The van der Waals surface area contributed by atoms with Crippen molar-refractivity contribution in [1.29, 1.82) is 0 Å². The third kappa shape index (κ3) is 3.57. The second-order valence-corrected chi connectivity index (χ2v) is 9.41. The lowest BCUT2D eigenvalue weighted by atomic mass is 9.84. The van der Waals surface area contributed by atoms with E-state index in [1.165, 1.54) is 22.5 Å². The Hall–Kier alpha value is -1.53. The molecule has 0 radical (unpaired) electrons. The average molecular weight is 437 g/mol. The largest absolute Gasteiger partial charge is 0.385 e. The highest BCUT2D eigenvalue weighted by Crippen LogP contribution is 2.41. The fourth-order valence-electron chi connectivity index (χ4n) is 4.24. The maximum atomic E-state index is 13.0.